The average Bonchev–Trinajstić information content (AvgIpc) is 3.00. The summed E-state index contributed by atoms with van der Waals surface area (Å²) in [6.07, 6.45) is -2.01. The van der Waals surface area contributed by atoms with Gasteiger partial charge in [-0.15, -0.1) is 0 Å². The summed E-state index contributed by atoms with van der Waals surface area (Å²) in [7, 11) is 0. The van der Waals surface area contributed by atoms with Gasteiger partial charge in [-0.25, -0.2) is 26.3 Å². The van der Waals surface area contributed by atoms with E-state index in [1.54, 1.807) is 0 Å². The highest BCUT2D eigenvalue weighted by atomic mass is 19.4. The van der Waals surface area contributed by atoms with Crippen LogP contribution in [0.1, 0.15) is 61.2 Å². The van der Waals surface area contributed by atoms with Crippen molar-refractivity contribution < 1.29 is 49.0 Å². The Morgan fingerprint density at radius 1 is 0.766 bits per heavy atom. The van der Waals surface area contributed by atoms with Gasteiger partial charge in [0.2, 0.25) is 0 Å². The van der Waals surface area contributed by atoms with Gasteiger partial charge in [-0.1, -0.05) is 44.2 Å². The van der Waals surface area contributed by atoms with E-state index in [0.29, 0.717) is 13.2 Å². The third-order valence-electron chi connectivity index (χ3n) is 8.03. The Morgan fingerprint density at radius 3 is 2.04 bits per heavy atom. The second-order valence-electron chi connectivity index (χ2n) is 11.5. The topological polar surface area (TPSA) is 18.5 Å². The minimum absolute atomic E-state index is 0.0981. The molecular weight excluding hydrogens is 635 g/mol. The Morgan fingerprint density at radius 2 is 1.43 bits per heavy atom. The Labute approximate surface area is 265 Å². The Hall–Kier alpha value is -4.01. The van der Waals surface area contributed by atoms with Crippen LogP contribution in [0, 0.1) is 52.7 Å². The summed E-state index contributed by atoms with van der Waals surface area (Å²) in [6.45, 7) is 2.94. The van der Waals surface area contributed by atoms with Crippen molar-refractivity contribution in [3.63, 3.8) is 0 Å². The largest absolute Gasteiger partial charge is 0.458 e. The molecule has 0 saturated carbocycles. The first kappa shape index (κ1) is 34.3. The lowest BCUT2D eigenvalue weighted by atomic mass is 9.96. The highest BCUT2D eigenvalue weighted by Crippen LogP contribution is 2.34. The molecule has 0 unspecified atom stereocenters. The number of unbranched alkanes of at least 4 members (excludes halogenated alkanes) is 2. The van der Waals surface area contributed by atoms with Crippen LogP contribution in [-0.4, -0.2) is 19.4 Å². The zero-order chi connectivity index (χ0) is 33.9. The Kier molecular flexibility index (Phi) is 10.5. The van der Waals surface area contributed by atoms with Gasteiger partial charge < -0.3 is 9.47 Å². The average molecular weight is 665 g/mol. The van der Waals surface area contributed by atoms with Crippen molar-refractivity contribution in [1.82, 2.24) is 0 Å². The fraction of sp³-hybridized carbons (Fsp3) is 0.333. The lowest BCUT2D eigenvalue weighted by Gasteiger charge is -2.30. The Bertz CT molecular complexity index is 1780. The van der Waals surface area contributed by atoms with E-state index in [1.807, 2.05) is 0 Å². The Balaban J connectivity index is 1.30. The summed E-state index contributed by atoms with van der Waals surface area (Å²) >= 11 is 0. The van der Waals surface area contributed by atoms with Gasteiger partial charge in [0.25, 0.3) is 0 Å². The van der Waals surface area contributed by atoms with Crippen LogP contribution in [0.5, 0.6) is 0 Å². The van der Waals surface area contributed by atoms with E-state index in [2.05, 4.69) is 6.92 Å². The van der Waals surface area contributed by atoms with Gasteiger partial charge in [-0.3, -0.25) is 0 Å². The molecule has 5 rings (SSSR count). The predicted molar refractivity (Wildman–Crippen MR) is 158 cm³/mol. The van der Waals surface area contributed by atoms with E-state index >= 15 is 8.78 Å². The monoisotopic (exact) mass is 664 g/mol. The molecule has 1 aliphatic heterocycles. The van der Waals surface area contributed by atoms with Crippen LogP contribution in [0.2, 0.25) is 0 Å². The van der Waals surface area contributed by atoms with Gasteiger partial charge >= 0.3 is 6.18 Å². The molecule has 0 N–H and O–H groups in total. The quantitative estimate of drug-likeness (QED) is 0.101. The molecule has 47 heavy (non-hydrogen) atoms. The van der Waals surface area contributed by atoms with Crippen molar-refractivity contribution >= 4 is 10.8 Å². The van der Waals surface area contributed by atoms with E-state index in [4.69, 9.17) is 9.47 Å². The smallest absolute Gasteiger partial charge is 0.348 e. The van der Waals surface area contributed by atoms with Gasteiger partial charge in [-0.2, -0.15) is 13.2 Å². The normalized spacial score (nSPS) is 16.7. The van der Waals surface area contributed by atoms with Crippen LogP contribution in [0.25, 0.3) is 21.9 Å². The van der Waals surface area contributed by atoms with Gasteiger partial charge in [0, 0.05) is 28.4 Å². The number of ether oxygens (including phenoxy) is 2. The molecule has 1 fully saturated rings. The first-order valence-corrected chi connectivity index (χ1v) is 15.1. The van der Waals surface area contributed by atoms with E-state index in [9.17, 15) is 30.7 Å². The summed E-state index contributed by atoms with van der Waals surface area (Å²) < 4.78 is 138. The lowest BCUT2D eigenvalue weighted by Crippen LogP contribution is -2.27. The summed E-state index contributed by atoms with van der Waals surface area (Å²) in [4.78, 5) is 0. The lowest BCUT2D eigenvalue weighted by molar-refractivity contribution is -0.206. The van der Waals surface area contributed by atoms with Crippen molar-refractivity contribution in [3.8, 4) is 23.0 Å². The number of halogens is 9. The van der Waals surface area contributed by atoms with E-state index in [-0.39, 0.29) is 51.8 Å². The number of alkyl halides is 3. The van der Waals surface area contributed by atoms with Crippen molar-refractivity contribution in [2.75, 3.05) is 13.2 Å². The molecule has 0 aromatic heterocycles. The number of aryl methyl sites for hydroxylation is 1. The number of hydrogen-bond acceptors (Lipinski definition) is 2. The molecule has 0 atom stereocenters. The van der Waals surface area contributed by atoms with Crippen molar-refractivity contribution in [3.05, 3.63) is 106 Å². The standard InChI is InChI=1S/C36H29F9O2/c1-2-3-4-5-21-18-46-35(47-19-21)24-16-28(37)26(29(38)17-24)8-6-20-12-31(40)33(32(41)13-20)22-7-9-25-23(14-22)15-30(39)27(34(25)42)10-11-36(43,44)45/h7,9,12-17,21,35H,2-6,8,18-19H2,1H3. The second-order valence-corrected chi connectivity index (χ2v) is 11.5. The second kappa shape index (κ2) is 14.4. The summed E-state index contributed by atoms with van der Waals surface area (Å²) in [5.74, 6) is -4.03. The van der Waals surface area contributed by atoms with Crippen molar-refractivity contribution in [2.45, 2.75) is 57.9 Å². The SMILES string of the molecule is CCCCCC1COC(c2cc(F)c(CCc3cc(F)c(-c4ccc5c(F)c(C#CC(F)(F)F)c(F)cc5c4)c(F)c3)c(F)c2)OC1. The van der Waals surface area contributed by atoms with Gasteiger partial charge in [0.15, 0.2) is 6.29 Å². The molecule has 0 amide bonds. The highest BCUT2D eigenvalue weighted by molar-refractivity contribution is 5.89. The third kappa shape index (κ3) is 8.11. The fourth-order valence-electron chi connectivity index (χ4n) is 5.63. The van der Waals surface area contributed by atoms with Gasteiger partial charge in [-0.05, 0) is 72.2 Å². The van der Waals surface area contributed by atoms with Crippen LogP contribution in [0.4, 0.5) is 39.5 Å². The molecule has 1 saturated heterocycles. The molecule has 248 valence electrons. The highest BCUT2D eigenvalue weighted by Gasteiger charge is 2.26. The minimum atomic E-state index is -4.97. The zero-order valence-corrected chi connectivity index (χ0v) is 25.1. The molecule has 0 bridgehead atoms. The van der Waals surface area contributed by atoms with E-state index < -0.39 is 58.5 Å². The fourth-order valence-corrected chi connectivity index (χ4v) is 5.63. The van der Waals surface area contributed by atoms with Crippen LogP contribution in [0.3, 0.4) is 0 Å². The zero-order valence-electron chi connectivity index (χ0n) is 25.1. The molecular formula is C36H29F9O2. The van der Waals surface area contributed by atoms with E-state index in [0.717, 1.165) is 80.1 Å². The number of fused-ring (bicyclic) bond motifs is 1. The molecule has 0 spiro atoms. The number of rotatable bonds is 9. The maximum atomic E-state index is 15.2. The maximum absolute atomic E-state index is 15.2. The molecule has 1 aliphatic rings. The molecule has 2 nitrogen and oxygen atoms in total. The first-order chi connectivity index (χ1) is 22.3. The number of hydrogen-bond donors (Lipinski definition) is 0. The predicted octanol–water partition coefficient (Wildman–Crippen LogP) is 10.3. The van der Waals surface area contributed by atoms with Gasteiger partial charge in [0.05, 0.1) is 24.3 Å². The van der Waals surface area contributed by atoms with Crippen molar-refractivity contribution in [1.29, 1.82) is 0 Å². The molecule has 4 aromatic carbocycles. The minimum Gasteiger partial charge on any atom is -0.348 e. The van der Waals surface area contributed by atoms with Gasteiger partial charge in [0.1, 0.15) is 34.9 Å². The molecule has 0 radical (unpaired) electrons. The third-order valence-corrected chi connectivity index (χ3v) is 8.03. The van der Waals surface area contributed by atoms with Crippen LogP contribution in [0.15, 0.2) is 48.5 Å². The van der Waals surface area contributed by atoms with E-state index in [1.165, 1.54) is 5.92 Å². The van der Waals surface area contributed by atoms with Crippen molar-refractivity contribution in [2.24, 2.45) is 5.92 Å². The van der Waals surface area contributed by atoms with Crippen LogP contribution in [-0.2, 0) is 22.3 Å². The van der Waals surface area contributed by atoms with Crippen LogP contribution >= 0.6 is 0 Å². The summed E-state index contributed by atoms with van der Waals surface area (Å²) in [5.41, 5.74) is -1.69. The molecule has 4 aromatic rings. The molecule has 1 heterocycles. The molecule has 11 heteroatoms. The maximum Gasteiger partial charge on any atom is 0.458 e. The first-order valence-electron chi connectivity index (χ1n) is 15.1. The van der Waals surface area contributed by atoms with Crippen LogP contribution < -0.4 is 0 Å². The molecule has 0 aliphatic carbocycles. The summed E-state index contributed by atoms with van der Waals surface area (Å²) in [5, 5.41) is -0.467. The number of benzene rings is 4. The summed E-state index contributed by atoms with van der Waals surface area (Å²) in [6, 6.07) is 8.22.